The Kier molecular flexibility index (Phi) is 5.56. The summed E-state index contributed by atoms with van der Waals surface area (Å²) in [6.45, 7) is 7.30. The van der Waals surface area contributed by atoms with E-state index in [1.165, 1.54) is 0 Å². The fourth-order valence-corrected chi connectivity index (χ4v) is 2.14. The molecule has 0 fully saturated rings. The van der Waals surface area contributed by atoms with Gasteiger partial charge in [0.15, 0.2) is 0 Å². The van der Waals surface area contributed by atoms with E-state index in [0.29, 0.717) is 5.92 Å². The number of aromatic nitrogens is 1. The third kappa shape index (κ3) is 5.02. The van der Waals surface area contributed by atoms with Crippen LogP contribution in [0.3, 0.4) is 0 Å². The van der Waals surface area contributed by atoms with Gasteiger partial charge in [-0.05, 0) is 36.3 Å². The first-order valence-corrected chi connectivity index (χ1v) is 7.06. The van der Waals surface area contributed by atoms with E-state index in [-0.39, 0.29) is 0 Å². The van der Waals surface area contributed by atoms with Crippen molar-refractivity contribution in [3.8, 4) is 0 Å². The molecule has 3 nitrogen and oxygen atoms in total. The summed E-state index contributed by atoms with van der Waals surface area (Å²) in [5.74, 6) is 1.53. The van der Waals surface area contributed by atoms with Crippen molar-refractivity contribution in [1.82, 2.24) is 9.88 Å². The second-order valence-corrected chi connectivity index (χ2v) is 5.33. The Morgan fingerprint density at radius 2 is 2.15 bits per heavy atom. The molecular formula is C17H22N2O. The third-order valence-electron chi connectivity index (χ3n) is 2.92. The van der Waals surface area contributed by atoms with Gasteiger partial charge in [-0.3, -0.25) is 9.88 Å². The maximum Gasteiger partial charge on any atom is 0.126 e. The first-order chi connectivity index (χ1) is 9.74. The van der Waals surface area contributed by atoms with Crippen LogP contribution in [0, 0.1) is 5.92 Å². The minimum Gasteiger partial charge on any atom is -0.465 e. The van der Waals surface area contributed by atoms with Gasteiger partial charge in [0.05, 0.1) is 12.0 Å². The zero-order valence-corrected chi connectivity index (χ0v) is 12.2. The average molecular weight is 270 g/mol. The van der Waals surface area contributed by atoms with Crippen LogP contribution in [-0.2, 0) is 6.54 Å². The van der Waals surface area contributed by atoms with Gasteiger partial charge in [0, 0.05) is 25.8 Å². The standard InChI is InChI=1S/C17H22N2O/c1-15(2)13-19(14-16-7-3-4-10-18-16)11-5-8-17-9-6-12-20-17/h3-10,12,15H,11,13-14H2,1-2H3. The van der Waals surface area contributed by atoms with Gasteiger partial charge in [0.1, 0.15) is 5.76 Å². The number of hydrogen-bond acceptors (Lipinski definition) is 3. The van der Waals surface area contributed by atoms with Gasteiger partial charge in [-0.25, -0.2) is 0 Å². The first kappa shape index (κ1) is 14.5. The van der Waals surface area contributed by atoms with Crippen molar-refractivity contribution in [2.24, 2.45) is 5.92 Å². The van der Waals surface area contributed by atoms with Crippen LogP contribution in [0.5, 0.6) is 0 Å². The number of nitrogens with zero attached hydrogens (tertiary/aromatic N) is 2. The lowest BCUT2D eigenvalue weighted by Gasteiger charge is -2.22. The normalized spacial score (nSPS) is 11.8. The summed E-state index contributed by atoms with van der Waals surface area (Å²) in [6, 6.07) is 9.92. The lowest BCUT2D eigenvalue weighted by molar-refractivity contribution is 0.258. The number of furan rings is 1. The van der Waals surface area contributed by atoms with Crippen LogP contribution in [0.1, 0.15) is 25.3 Å². The van der Waals surface area contributed by atoms with Gasteiger partial charge < -0.3 is 4.42 Å². The largest absolute Gasteiger partial charge is 0.465 e. The highest BCUT2D eigenvalue weighted by Gasteiger charge is 2.07. The van der Waals surface area contributed by atoms with E-state index in [1.54, 1.807) is 6.26 Å². The van der Waals surface area contributed by atoms with Gasteiger partial charge in [0.2, 0.25) is 0 Å². The number of rotatable bonds is 7. The maximum atomic E-state index is 5.30. The van der Waals surface area contributed by atoms with E-state index >= 15 is 0 Å². The molecule has 0 atom stereocenters. The zero-order chi connectivity index (χ0) is 14.2. The predicted molar refractivity (Wildman–Crippen MR) is 82.1 cm³/mol. The van der Waals surface area contributed by atoms with Gasteiger partial charge >= 0.3 is 0 Å². The van der Waals surface area contributed by atoms with E-state index in [0.717, 1.165) is 31.1 Å². The fourth-order valence-electron chi connectivity index (χ4n) is 2.14. The van der Waals surface area contributed by atoms with Crippen LogP contribution in [0.2, 0.25) is 0 Å². The van der Waals surface area contributed by atoms with Gasteiger partial charge in [-0.2, -0.15) is 0 Å². The van der Waals surface area contributed by atoms with E-state index in [9.17, 15) is 0 Å². The molecule has 0 saturated heterocycles. The monoisotopic (exact) mass is 270 g/mol. The van der Waals surface area contributed by atoms with Gasteiger partial charge in [0.25, 0.3) is 0 Å². The number of pyridine rings is 1. The molecule has 20 heavy (non-hydrogen) atoms. The Morgan fingerprint density at radius 3 is 2.80 bits per heavy atom. The highest BCUT2D eigenvalue weighted by Crippen LogP contribution is 2.07. The van der Waals surface area contributed by atoms with Crippen molar-refractivity contribution >= 4 is 6.08 Å². The van der Waals surface area contributed by atoms with Crippen molar-refractivity contribution in [3.05, 3.63) is 60.3 Å². The van der Waals surface area contributed by atoms with Crippen LogP contribution in [0.25, 0.3) is 6.08 Å². The predicted octanol–water partition coefficient (Wildman–Crippen LogP) is 3.85. The summed E-state index contributed by atoms with van der Waals surface area (Å²) in [6.07, 6.45) is 7.71. The minimum atomic E-state index is 0.635. The van der Waals surface area contributed by atoms with Crippen LogP contribution >= 0.6 is 0 Å². The molecule has 0 bridgehead atoms. The summed E-state index contributed by atoms with van der Waals surface area (Å²) in [7, 11) is 0. The highest BCUT2D eigenvalue weighted by molar-refractivity contribution is 5.42. The van der Waals surface area contributed by atoms with Gasteiger partial charge in [-0.1, -0.05) is 26.0 Å². The molecule has 0 unspecified atom stereocenters. The second kappa shape index (κ2) is 7.65. The molecule has 0 saturated carbocycles. The lowest BCUT2D eigenvalue weighted by Crippen LogP contribution is -2.27. The topological polar surface area (TPSA) is 29.3 Å². The summed E-state index contributed by atoms with van der Waals surface area (Å²) in [4.78, 5) is 6.79. The summed E-state index contributed by atoms with van der Waals surface area (Å²) >= 11 is 0. The van der Waals surface area contributed by atoms with Crippen LogP contribution < -0.4 is 0 Å². The van der Waals surface area contributed by atoms with Crippen molar-refractivity contribution in [2.75, 3.05) is 13.1 Å². The SMILES string of the molecule is CC(C)CN(CC=Cc1ccco1)Cc1ccccn1. The Morgan fingerprint density at radius 1 is 1.25 bits per heavy atom. The van der Waals surface area contributed by atoms with E-state index in [1.807, 2.05) is 36.5 Å². The molecule has 2 aromatic heterocycles. The van der Waals surface area contributed by atoms with Crippen LogP contribution in [-0.4, -0.2) is 23.0 Å². The Labute approximate surface area is 120 Å². The molecule has 0 spiro atoms. The van der Waals surface area contributed by atoms with E-state index < -0.39 is 0 Å². The molecule has 3 heteroatoms. The molecule has 0 aromatic carbocycles. The van der Waals surface area contributed by atoms with Gasteiger partial charge in [-0.15, -0.1) is 0 Å². The lowest BCUT2D eigenvalue weighted by atomic mass is 10.2. The highest BCUT2D eigenvalue weighted by atomic mass is 16.3. The van der Waals surface area contributed by atoms with E-state index in [2.05, 4.69) is 35.9 Å². The molecule has 2 heterocycles. The molecule has 0 radical (unpaired) electrons. The van der Waals surface area contributed by atoms with Crippen molar-refractivity contribution in [3.63, 3.8) is 0 Å². The average Bonchev–Trinajstić information content (AvgIpc) is 2.92. The Hall–Kier alpha value is -1.87. The van der Waals surface area contributed by atoms with Crippen LogP contribution in [0.4, 0.5) is 0 Å². The van der Waals surface area contributed by atoms with Crippen molar-refractivity contribution in [2.45, 2.75) is 20.4 Å². The summed E-state index contributed by atoms with van der Waals surface area (Å²) in [5, 5.41) is 0. The quantitative estimate of drug-likeness (QED) is 0.765. The first-order valence-electron chi connectivity index (χ1n) is 7.06. The molecule has 0 aliphatic carbocycles. The third-order valence-corrected chi connectivity index (χ3v) is 2.92. The zero-order valence-electron chi connectivity index (χ0n) is 12.2. The summed E-state index contributed by atoms with van der Waals surface area (Å²) < 4.78 is 5.30. The molecule has 2 rings (SSSR count). The molecule has 0 aliphatic heterocycles. The molecule has 0 aliphatic rings. The van der Waals surface area contributed by atoms with Crippen molar-refractivity contribution < 1.29 is 4.42 Å². The summed E-state index contributed by atoms with van der Waals surface area (Å²) in [5.41, 5.74) is 1.11. The van der Waals surface area contributed by atoms with Crippen molar-refractivity contribution in [1.29, 1.82) is 0 Å². The minimum absolute atomic E-state index is 0.635. The molecule has 2 aromatic rings. The molecule has 0 N–H and O–H groups in total. The second-order valence-electron chi connectivity index (χ2n) is 5.33. The smallest absolute Gasteiger partial charge is 0.126 e. The Balaban J connectivity index is 1.93. The Bertz CT molecular complexity index is 503. The fraction of sp³-hybridized carbons (Fsp3) is 0.353. The van der Waals surface area contributed by atoms with E-state index in [4.69, 9.17) is 4.42 Å². The molecule has 0 amide bonds. The maximum absolute atomic E-state index is 5.30. The molecule has 106 valence electrons. The number of hydrogen-bond donors (Lipinski definition) is 0. The van der Waals surface area contributed by atoms with Crippen LogP contribution in [0.15, 0.2) is 53.3 Å². The molecular weight excluding hydrogens is 248 g/mol.